The molecule has 0 nitrogen and oxygen atoms in total. The third kappa shape index (κ3) is 2.23. The lowest BCUT2D eigenvalue weighted by molar-refractivity contribution is 0.350. The maximum Gasteiger partial charge on any atom is -0.0225 e. The van der Waals surface area contributed by atoms with E-state index in [1.54, 1.807) is 5.57 Å². The van der Waals surface area contributed by atoms with E-state index in [0.29, 0.717) is 5.41 Å². The highest BCUT2D eigenvalue weighted by atomic mass is 14.3. The molecule has 0 spiro atoms. The van der Waals surface area contributed by atoms with Gasteiger partial charge in [0.1, 0.15) is 0 Å². The zero-order valence-electron chi connectivity index (χ0n) is 8.99. The quantitative estimate of drug-likeness (QED) is 0.506. The highest BCUT2D eigenvalue weighted by Gasteiger charge is 2.23. The second-order valence-corrected chi connectivity index (χ2v) is 5.03. The van der Waals surface area contributed by atoms with Gasteiger partial charge in [0.2, 0.25) is 0 Å². The largest absolute Gasteiger partial charge is 0.0732 e. The van der Waals surface area contributed by atoms with Gasteiger partial charge >= 0.3 is 0 Å². The van der Waals surface area contributed by atoms with E-state index >= 15 is 0 Å². The summed E-state index contributed by atoms with van der Waals surface area (Å²) in [4.78, 5) is 0. The molecule has 0 aromatic heterocycles. The lowest BCUT2D eigenvalue weighted by atomic mass is 9.75. The fourth-order valence-electron chi connectivity index (χ4n) is 2.05. The minimum absolute atomic E-state index is 0.478. The van der Waals surface area contributed by atoms with Crippen LogP contribution in [0.25, 0.3) is 0 Å². The summed E-state index contributed by atoms with van der Waals surface area (Å²) in [5.41, 5.74) is 5.03. The minimum atomic E-state index is 0.478. The highest BCUT2D eigenvalue weighted by molar-refractivity contribution is 5.31. The Hall–Kier alpha value is -0.520. The first-order chi connectivity index (χ1) is 5.41. The topological polar surface area (TPSA) is 0 Å². The molecule has 0 heteroatoms. The van der Waals surface area contributed by atoms with Gasteiger partial charge < -0.3 is 0 Å². The van der Waals surface area contributed by atoms with Crippen LogP contribution in [-0.2, 0) is 0 Å². The first-order valence-corrected chi connectivity index (χ1v) is 4.74. The number of allylic oxidation sites excluding steroid dienone is 4. The molecule has 1 aliphatic rings. The van der Waals surface area contributed by atoms with Crippen LogP contribution in [0.1, 0.15) is 47.5 Å². The Morgan fingerprint density at radius 1 is 1.25 bits per heavy atom. The molecule has 0 unspecified atom stereocenters. The molecule has 0 aromatic rings. The van der Waals surface area contributed by atoms with E-state index in [-0.39, 0.29) is 0 Å². The normalized spacial score (nSPS) is 22.1. The number of hydrogen-bond acceptors (Lipinski definition) is 0. The van der Waals surface area contributed by atoms with Crippen molar-refractivity contribution in [2.75, 3.05) is 0 Å². The Morgan fingerprint density at radius 3 is 2.25 bits per heavy atom. The van der Waals surface area contributed by atoms with Crippen LogP contribution < -0.4 is 0 Å². The van der Waals surface area contributed by atoms with Crippen molar-refractivity contribution >= 4 is 0 Å². The highest BCUT2D eigenvalue weighted by Crippen LogP contribution is 2.38. The van der Waals surface area contributed by atoms with Gasteiger partial charge in [-0.2, -0.15) is 0 Å². The standard InChI is InChI=1S/C12H20/c1-9(2)11-6-10(3)7-12(4,5)8-11/h6H,7-8H2,1-5H3. The van der Waals surface area contributed by atoms with Crippen LogP contribution in [0.3, 0.4) is 0 Å². The molecule has 0 N–H and O–H groups in total. The Kier molecular flexibility index (Phi) is 2.46. The molecule has 0 aliphatic heterocycles. The monoisotopic (exact) mass is 164 g/mol. The summed E-state index contributed by atoms with van der Waals surface area (Å²) in [5.74, 6) is 0. The van der Waals surface area contributed by atoms with Gasteiger partial charge in [0.15, 0.2) is 0 Å². The van der Waals surface area contributed by atoms with Gasteiger partial charge in [0, 0.05) is 0 Å². The predicted octanol–water partition coefficient (Wildman–Crippen LogP) is 4.09. The van der Waals surface area contributed by atoms with Crippen LogP contribution in [0.5, 0.6) is 0 Å². The first kappa shape index (κ1) is 9.57. The van der Waals surface area contributed by atoms with Crippen molar-refractivity contribution in [3.05, 3.63) is 22.8 Å². The maximum atomic E-state index is 2.36. The van der Waals surface area contributed by atoms with Gasteiger partial charge in [-0.15, -0.1) is 0 Å². The molecule has 1 aliphatic carbocycles. The smallest absolute Gasteiger partial charge is 0.0225 e. The van der Waals surface area contributed by atoms with Crippen molar-refractivity contribution in [3.63, 3.8) is 0 Å². The number of rotatable bonds is 0. The molecule has 12 heavy (non-hydrogen) atoms. The van der Waals surface area contributed by atoms with Crippen LogP contribution in [-0.4, -0.2) is 0 Å². The fourth-order valence-corrected chi connectivity index (χ4v) is 2.05. The Balaban J connectivity index is 2.97. The molecule has 0 amide bonds. The Bertz CT molecular complexity index is 235. The van der Waals surface area contributed by atoms with Crippen LogP contribution in [0.4, 0.5) is 0 Å². The molecule has 0 fully saturated rings. The molecular weight excluding hydrogens is 144 g/mol. The molecule has 0 saturated heterocycles. The lowest BCUT2D eigenvalue weighted by Crippen LogP contribution is -2.16. The Morgan fingerprint density at radius 2 is 1.83 bits per heavy atom. The summed E-state index contributed by atoms with van der Waals surface area (Å²) in [7, 11) is 0. The molecule has 0 atom stereocenters. The molecule has 1 rings (SSSR count). The van der Waals surface area contributed by atoms with E-state index < -0.39 is 0 Å². The van der Waals surface area contributed by atoms with Gasteiger partial charge in [-0.1, -0.05) is 31.1 Å². The fraction of sp³-hybridized carbons (Fsp3) is 0.667. The molecule has 0 bridgehead atoms. The summed E-state index contributed by atoms with van der Waals surface area (Å²) in [6.07, 6.45) is 4.86. The first-order valence-electron chi connectivity index (χ1n) is 4.74. The second-order valence-electron chi connectivity index (χ2n) is 5.03. The zero-order valence-corrected chi connectivity index (χ0v) is 8.99. The third-order valence-corrected chi connectivity index (χ3v) is 2.49. The van der Waals surface area contributed by atoms with E-state index in [1.165, 1.54) is 24.0 Å². The molecule has 0 heterocycles. The van der Waals surface area contributed by atoms with Gasteiger partial charge in [-0.3, -0.25) is 0 Å². The van der Waals surface area contributed by atoms with Crippen molar-refractivity contribution in [1.82, 2.24) is 0 Å². The van der Waals surface area contributed by atoms with Crippen LogP contribution >= 0.6 is 0 Å². The average Bonchev–Trinajstić information content (AvgIpc) is 1.82. The molecule has 0 saturated carbocycles. The van der Waals surface area contributed by atoms with Crippen LogP contribution in [0.15, 0.2) is 22.8 Å². The second kappa shape index (κ2) is 3.08. The van der Waals surface area contributed by atoms with E-state index in [1.807, 2.05) is 0 Å². The third-order valence-electron chi connectivity index (χ3n) is 2.49. The van der Waals surface area contributed by atoms with E-state index in [4.69, 9.17) is 0 Å². The van der Waals surface area contributed by atoms with Crippen molar-refractivity contribution in [2.45, 2.75) is 47.5 Å². The molecule has 68 valence electrons. The van der Waals surface area contributed by atoms with Crippen molar-refractivity contribution in [3.8, 4) is 0 Å². The average molecular weight is 164 g/mol. The molecule has 0 radical (unpaired) electrons. The van der Waals surface area contributed by atoms with Crippen LogP contribution in [0, 0.1) is 5.41 Å². The van der Waals surface area contributed by atoms with Crippen molar-refractivity contribution < 1.29 is 0 Å². The summed E-state index contributed by atoms with van der Waals surface area (Å²) < 4.78 is 0. The minimum Gasteiger partial charge on any atom is -0.0732 e. The Labute approximate surface area is 76.4 Å². The van der Waals surface area contributed by atoms with E-state index in [9.17, 15) is 0 Å². The summed E-state index contributed by atoms with van der Waals surface area (Å²) in [6, 6.07) is 0. The maximum absolute atomic E-state index is 2.36. The zero-order chi connectivity index (χ0) is 9.35. The lowest BCUT2D eigenvalue weighted by Gasteiger charge is -2.30. The molecule has 0 aromatic carbocycles. The van der Waals surface area contributed by atoms with Crippen LogP contribution in [0.2, 0.25) is 0 Å². The van der Waals surface area contributed by atoms with E-state index in [0.717, 1.165) is 0 Å². The van der Waals surface area contributed by atoms with Crippen molar-refractivity contribution in [2.24, 2.45) is 5.41 Å². The van der Waals surface area contributed by atoms with Crippen molar-refractivity contribution in [1.29, 1.82) is 0 Å². The summed E-state index contributed by atoms with van der Waals surface area (Å²) >= 11 is 0. The summed E-state index contributed by atoms with van der Waals surface area (Å²) in [6.45, 7) is 11.4. The SMILES string of the molecule is CC1=CC(=C(C)C)CC(C)(C)C1. The van der Waals surface area contributed by atoms with Gasteiger partial charge in [-0.25, -0.2) is 0 Å². The van der Waals surface area contributed by atoms with Gasteiger partial charge in [-0.05, 0) is 44.6 Å². The predicted molar refractivity (Wildman–Crippen MR) is 55.1 cm³/mol. The van der Waals surface area contributed by atoms with Gasteiger partial charge in [0.25, 0.3) is 0 Å². The molecular formula is C12H20. The summed E-state index contributed by atoms with van der Waals surface area (Å²) in [5, 5.41) is 0. The number of hydrogen-bond donors (Lipinski definition) is 0. The van der Waals surface area contributed by atoms with Gasteiger partial charge in [0.05, 0.1) is 0 Å². The van der Waals surface area contributed by atoms with E-state index in [2.05, 4.69) is 40.7 Å².